The van der Waals surface area contributed by atoms with Crippen LogP contribution in [0.1, 0.15) is 95.0 Å². The maximum Gasteiger partial charge on any atom is 0.434 e. The molecule has 0 bridgehead atoms. The van der Waals surface area contributed by atoms with Gasteiger partial charge in [0, 0.05) is 73.2 Å². The fourth-order valence-electron chi connectivity index (χ4n) is 9.19. The molecule has 0 spiro atoms. The molecular formula is C48H53F5N14O4S2. The molecule has 1 saturated heterocycles. The van der Waals surface area contributed by atoms with Gasteiger partial charge >= 0.3 is 6.18 Å². The topological polar surface area (TPSA) is 217 Å². The number of ether oxygens (including phenoxy) is 1. The number of nitrogens with one attached hydrogen (secondary N) is 3. The van der Waals surface area contributed by atoms with Gasteiger partial charge in [0.15, 0.2) is 11.5 Å². The molecule has 1 aliphatic heterocycles. The predicted molar refractivity (Wildman–Crippen MR) is 265 cm³/mol. The second-order valence-corrected chi connectivity index (χ2v) is 22.0. The Kier molecular flexibility index (Phi) is 13.8. The quantitative estimate of drug-likeness (QED) is 0.0474. The molecule has 18 nitrogen and oxygen atoms in total. The minimum atomic E-state index is -4.63. The molecule has 73 heavy (non-hydrogen) atoms. The summed E-state index contributed by atoms with van der Waals surface area (Å²) >= 11 is 0.220. The van der Waals surface area contributed by atoms with E-state index in [4.69, 9.17) is 15.6 Å². The summed E-state index contributed by atoms with van der Waals surface area (Å²) in [5, 5.41) is 14.7. The zero-order chi connectivity index (χ0) is 52.3. The fourth-order valence-corrected chi connectivity index (χ4v) is 11.2. The van der Waals surface area contributed by atoms with E-state index in [1.807, 2.05) is 18.7 Å². The third kappa shape index (κ3) is 10.7. The van der Waals surface area contributed by atoms with E-state index in [1.54, 1.807) is 60.9 Å². The van der Waals surface area contributed by atoms with E-state index in [2.05, 4.69) is 34.6 Å². The van der Waals surface area contributed by atoms with E-state index in [9.17, 15) is 35.2 Å². The number of piperazine rings is 1. The number of rotatable bonds is 16. The first-order valence-electron chi connectivity index (χ1n) is 23.5. The summed E-state index contributed by atoms with van der Waals surface area (Å²) in [5.41, 5.74) is 2.23. The summed E-state index contributed by atoms with van der Waals surface area (Å²) in [6.07, 6.45) is 1.97. The van der Waals surface area contributed by atoms with Crippen LogP contribution in [0.4, 0.5) is 33.5 Å². The van der Waals surface area contributed by atoms with E-state index in [0.29, 0.717) is 58.1 Å². The Balaban J connectivity index is 1.03. The Morgan fingerprint density at radius 2 is 1.67 bits per heavy atom. The van der Waals surface area contributed by atoms with Crippen molar-refractivity contribution >= 4 is 54.8 Å². The Morgan fingerprint density at radius 1 is 0.986 bits per heavy atom. The van der Waals surface area contributed by atoms with E-state index < -0.39 is 56.0 Å². The summed E-state index contributed by atoms with van der Waals surface area (Å²) in [5.74, 6) is 0.682. The van der Waals surface area contributed by atoms with E-state index in [1.165, 1.54) is 47.2 Å². The highest BCUT2D eigenvalue weighted by Crippen LogP contribution is 2.45. The van der Waals surface area contributed by atoms with Gasteiger partial charge in [-0.15, -0.1) is 0 Å². The van der Waals surface area contributed by atoms with Crippen molar-refractivity contribution in [1.82, 2.24) is 48.5 Å². The number of benzene rings is 1. The first kappa shape index (κ1) is 51.3. The summed E-state index contributed by atoms with van der Waals surface area (Å²) in [7, 11) is -2.63. The van der Waals surface area contributed by atoms with Crippen molar-refractivity contribution in [1.29, 1.82) is 10.8 Å². The molecule has 6 aromatic rings. The number of methoxy groups -OCH3 is 1. The number of carbonyl (C=O) groups is 1. The molecule has 2 unspecified atom stereocenters. The van der Waals surface area contributed by atoms with Crippen LogP contribution >= 0.6 is 11.8 Å². The lowest BCUT2D eigenvalue weighted by Crippen LogP contribution is -2.60. The molecule has 9 rings (SSSR count). The van der Waals surface area contributed by atoms with Crippen LogP contribution in [0.25, 0.3) is 28.2 Å². The molecule has 2 aliphatic carbocycles. The number of alkyl halides is 5. The third-order valence-electron chi connectivity index (χ3n) is 13.2. The molecule has 1 aromatic carbocycles. The molecular weight excluding hydrogens is 996 g/mol. The van der Waals surface area contributed by atoms with Crippen molar-refractivity contribution in [3.8, 4) is 28.5 Å². The highest BCUT2D eigenvalue weighted by Gasteiger charge is 2.42. The van der Waals surface area contributed by atoms with Gasteiger partial charge in [-0.1, -0.05) is 24.3 Å². The largest absolute Gasteiger partial charge is 0.480 e. The molecule has 2 atom stereocenters. The SMILES string of the molecule is COc1ncnc(C2CC2)c1-c1cc(N(CC(=O)N2C(C)CN(c3cc(S(=O)(=O)NC4(C)CC4)cn4c(C(=N)SC(=N)C(F)F)ncc34)CC2C)Cc2ccc(-c3nc(C(F)(F)F)cn3C(C)C)cc2)ncn1. The molecule has 3 fully saturated rings. The first-order chi connectivity index (χ1) is 34.5. The number of halogens is 5. The first-order valence-corrected chi connectivity index (χ1v) is 25.8. The highest BCUT2D eigenvalue weighted by molar-refractivity contribution is 8.26. The summed E-state index contributed by atoms with van der Waals surface area (Å²) in [6.45, 7) is 9.48. The average molecular weight is 1050 g/mol. The molecule has 2 saturated carbocycles. The molecule has 0 radical (unpaired) electrons. The third-order valence-corrected chi connectivity index (χ3v) is 15.6. The Bertz CT molecular complexity index is 3200. The number of nitrogens with zero attached hydrogens (tertiary/aromatic N) is 11. The van der Waals surface area contributed by atoms with Gasteiger partial charge in [-0.25, -0.2) is 51.8 Å². The van der Waals surface area contributed by atoms with Crippen molar-refractivity contribution in [3.05, 3.63) is 90.4 Å². The minimum Gasteiger partial charge on any atom is -0.480 e. The smallest absolute Gasteiger partial charge is 0.434 e. The Morgan fingerprint density at radius 3 is 2.29 bits per heavy atom. The Labute approximate surface area is 421 Å². The zero-order valence-electron chi connectivity index (χ0n) is 40.7. The van der Waals surface area contributed by atoms with Gasteiger partial charge in [0.2, 0.25) is 21.8 Å². The number of carbonyl (C=O) groups excluding carboxylic acids is 1. The lowest BCUT2D eigenvalue weighted by molar-refractivity contribution is -0.141. The van der Waals surface area contributed by atoms with Gasteiger partial charge in [0.1, 0.15) is 39.3 Å². The number of imidazole rings is 2. The molecule has 3 aliphatic rings. The predicted octanol–water partition coefficient (Wildman–Crippen LogP) is 8.19. The number of amides is 1. The van der Waals surface area contributed by atoms with Crippen LogP contribution in [0.2, 0.25) is 0 Å². The lowest BCUT2D eigenvalue weighted by atomic mass is 10.1. The van der Waals surface area contributed by atoms with E-state index in [-0.39, 0.29) is 72.4 Å². The second kappa shape index (κ2) is 19.7. The normalized spacial score (nSPS) is 17.9. The van der Waals surface area contributed by atoms with E-state index in [0.717, 1.165) is 24.7 Å². The number of thioether (sulfide) groups is 1. The number of fused-ring (bicyclic) bond motifs is 1. The van der Waals surface area contributed by atoms with Gasteiger partial charge in [-0.05, 0) is 83.7 Å². The van der Waals surface area contributed by atoms with Crippen molar-refractivity contribution in [2.75, 3.05) is 36.5 Å². The van der Waals surface area contributed by atoms with Gasteiger partial charge in [0.25, 0.3) is 6.43 Å². The zero-order valence-corrected chi connectivity index (χ0v) is 42.3. The number of anilines is 2. The second-order valence-electron chi connectivity index (χ2n) is 19.2. The maximum atomic E-state index is 14.9. The molecule has 5 aromatic heterocycles. The van der Waals surface area contributed by atoms with Crippen molar-refractivity contribution in [3.63, 3.8) is 0 Å². The average Bonchev–Trinajstić information content (AvgIpc) is 4.22. The fraction of sp³-hybridized carbons (Fsp3) is 0.438. The highest BCUT2D eigenvalue weighted by atomic mass is 32.2. The van der Waals surface area contributed by atoms with Crippen molar-refractivity contribution < 1.29 is 39.9 Å². The summed E-state index contributed by atoms with van der Waals surface area (Å²) in [4.78, 5) is 46.7. The monoisotopic (exact) mass is 1050 g/mol. The lowest BCUT2D eigenvalue weighted by Gasteiger charge is -2.46. The number of hydrogen-bond donors (Lipinski definition) is 3. The van der Waals surface area contributed by atoms with Crippen LogP contribution in [0.15, 0.2) is 72.5 Å². The number of aromatic nitrogens is 8. The van der Waals surface area contributed by atoms with Crippen LogP contribution in [-0.4, -0.2) is 119 Å². The van der Waals surface area contributed by atoms with Gasteiger partial charge < -0.3 is 24.0 Å². The van der Waals surface area contributed by atoms with Crippen LogP contribution in [-0.2, 0) is 27.5 Å². The summed E-state index contributed by atoms with van der Waals surface area (Å²) in [6, 6.07) is 8.93. The molecule has 6 heterocycles. The minimum absolute atomic E-state index is 0.127. The van der Waals surface area contributed by atoms with E-state index >= 15 is 0 Å². The maximum absolute atomic E-state index is 14.9. The van der Waals surface area contributed by atoms with Gasteiger partial charge in [-0.2, -0.15) is 13.2 Å². The van der Waals surface area contributed by atoms with Gasteiger partial charge in [-0.3, -0.25) is 20.0 Å². The van der Waals surface area contributed by atoms with Gasteiger partial charge in [0.05, 0.1) is 48.0 Å². The van der Waals surface area contributed by atoms with Crippen LogP contribution in [0, 0.1) is 10.8 Å². The molecule has 386 valence electrons. The van der Waals surface area contributed by atoms with Crippen molar-refractivity contribution in [2.24, 2.45) is 0 Å². The molecule has 3 N–H and O–H groups in total. The molecule has 1 amide bonds. The number of sulfonamides is 1. The van der Waals surface area contributed by atoms with Crippen LogP contribution in [0.3, 0.4) is 0 Å². The van der Waals surface area contributed by atoms with Crippen LogP contribution < -0.4 is 19.3 Å². The number of pyridine rings is 1. The van der Waals surface area contributed by atoms with Crippen LogP contribution in [0.5, 0.6) is 5.88 Å². The Hall–Kier alpha value is -6.60. The standard InChI is InChI=1S/C48H53F5N14O4S2/c1-26(2)65-22-36(48(51,52)53)61-44(65)31-9-7-29(8-10-31)20-64(37-16-33(57-24-58-37)39-40(30-11-12-30)59-25-60-46(39)71-6)23-38(68)67-27(3)18-63(19-28(67)4)34-15-32(73(69,70)62-47(5)13-14-47)21-66-35(34)17-56-45(66)43(55)72-42(54)41(49)50/h7-10,15-17,21-22,24-28,30,41,54-55,62H,11-14,18-20,23H2,1-6H3. The number of hydrogen-bond acceptors (Lipinski definition) is 15. The summed E-state index contributed by atoms with van der Waals surface area (Å²) < 4.78 is 107. The molecule has 25 heteroatoms. The van der Waals surface area contributed by atoms with Crippen molar-refractivity contribution in [2.45, 2.75) is 114 Å².